The van der Waals surface area contributed by atoms with Crippen molar-refractivity contribution in [2.24, 2.45) is 5.92 Å². The minimum Gasteiger partial charge on any atom is -0.327 e. The smallest absolute Gasteiger partial charge is 0.128 e. The fraction of sp³-hybridized carbons (Fsp3) is 0.562. The lowest BCUT2D eigenvalue weighted by molar-refractivity contribution is 0.458. The molecule has 1 saturated carbocycles. The highest BCUT2D eigenvalue weighted by Gasteiger charge is 2.17. The molecule has 1 fully saturated rings. The van der Waals surface area contributed by atoms with Gasteiger partial charge < -0.3 is 4.57 Å². The van der Waals surface area contributed by atoms with Crippen LogP contribution in [0.2, 0.25) is 0 Å². The van der Waals surface area contributed by atoms with Crippen LogP contribution in [0.15, 0.2) is 12.1 Å². The molecule has 1 aliphatic rings. The summed E-state index contributed by atoms with van der Waals surface area (Å²) >= 11 is 6.00. The maximum Gasteiger partial charge on any atom is 0.128 e. The van der Waals surface area contributed by atoms with Crippen molar-refractivity contribution in [1.29, 1.82) is 0 Å². The Morgan fingerprint density at radius 3 is 2.80 bits per heavy atom. The largest absolute Gasteiger partial charge is 0.327 e. The van der Waals surface area contributed by atoms with Crippen LogP contribution in [0.25, 0.3) is 11.0 Å². The van der Waals surface area contributed by atoms with E-state index in [4.69, 9.17) is 11.6 Å². The van der Waals surface area contributed by atoms with Gasteiger partial charge in [-0.1, -0.05) is 25.7 Å². The third-order valence-corrected chi connectivity index (χ3v) is 4.70. The van der Waals surface area contributed by atoms with Gasteiger partial charge in [-0.15, -0.1) is 11.6 Å². The van der Waals surface area contributed by atoms with Crippen molar-refractivity contribution in [2.75, 3.05) is 0 Å². The highest BCUT2D eigenvalue weighted by Crippen LogP contribution is 2.29. The zero-order valence-corrected chi connectivity index (χ0v) is 12.6. The number of nitrogens with zero attached hydrogens (tertiary/aromatic N) is 2. The molecule has 0 atom stereocenters. The maximum absolute atomic E-state index is 13.6. The first-order chi connectivity index (χ1) is 9.69. The van der Waals surface area contributed by atoms with E-state index in [1.165, 1.54) is 38.2 Å². The standard InChI is InChI=1S/C16H20ClFN2/c1-11-8-15-14(9-13(11)18)19-16(10-17)20(15)7-6-12-4-2-3-5-12/h8-9,12H,2-7,10H2,1H3. The van der Waals surface area contributed by atoms with Crippen LogP contribution in [-0.2, 0) is 12.4 Å². The fourth-order valence-corrected chi connectivity index (χ4v) is 3.47. The molecule has 1 aromatic heterocycles. The van der Waals surface area contributed by atoms with Crippen LogP contribution in [-0.4, -0.2) is 9.55 Å². The van der Waals surface area contributed by atoms with Crippen molar-refractivity contribution in [1.82, 2.24) is 9.55 Å². The number of aryl methyl sites for hydroxylation is 2. The van der Waals surface area contributed by atoms with Crippen molar-refractivity contribution in [2.45, 2.75) is 51.5 Å². The lowest BCUT2D eigenvalue weighted by atomic mass is 10.0. The number of imidazole rings is 1. The molecule has 0 bridgehead atoms. The van der Waals surface area contributed by atoms with Gasteiger partial charge in [0.15, 0.2) is 0 Å². The van der Waals surface area contributed by atoms with E-state index in [9.17, 15) is 4.39 Å². The number of hydrogen-bond donors (Lipinski definition) is 0. The van der Waals surface area contributed by atoms with Crippen molar-refractivity contribution in [3.63, 3.8) is 0 Å². The molecule has 0 unspecified atom stereocenters. The Morgan fingerprint density at radius 1 is 1.35 bits per heavy atom. The molecule has 108 valence electrons. The molecular weight excluding hydrogens is 275 g/mol. The first kappa shape index (κ1) is 13.9. The molecule has 2 nitrogen and oxygen atoms in total. The quantitative estimate of drug-likeness (QED) is 0.740. The van der Waals surface area contributed by atoms with E-state index in [1.54, 1.807) is 6.92 Å². The molecule has 0 radical (unpaired) electrons. The number of halogens is 2. The summed E-state index contributed by atoms with van der Waals surface area (Å²) in [6.07, 6.45) is 6.59. The summed E-state index contributed by atoms with van der Waals surface area (Å²) < 4.78 is 15.8. The van der Waals surface area contributed by atoms with E-state index in [0.29, 0.717) is 11.4 Å². The Labute approximate surface area is 123 Å². The molecule has 0 N–H and O–H groups in total. The SMILES string of the molecule is Cc1cc2c(cc1F)nc(CCl)n2CCC1CCCC1. The topological polar surface area (TPSA) is 17.8 Å². The lowest BCUT2D eigenvalue weighted by Crippen LogP contribution is -2.06. The van der Waals surface area contributed by atoms with Crippen LogP contribution in [0.4, 0.5) is 4.39 Å². The highest BCUT2D eigenvalue weighted by atomic mass is 35.5. The van der Waals surface area contributed by atoms with Crippen LogP contribution in [0.1, 0.15) is 43.5 Å². The number of hydrogen-bond acceptors (Lipinski definition) is 1. The molecule has 20 heavy (non-hydrogen) atoms. The molecule has 0 amide bonds. The van der Waals surface area contributed by atoms with Gasteiger partial charge in [-0.25, -0.2) is 9.37 Å². The molecule has 0 saturated heterocycles. The van der Waals surface area contributed by atoms with E-state index in [-0.39, 0.29) is 5.82 Å². The molecule has 4 heteroatoms. The second kappa shape index (κ2) is 5.72. The van der Waals surface area contributed by atoms with Gasteiger partial charge in [-0.2, -0.15) is 0 Å². The summed E-state index contributed by atoms with van der Waals surface area (Å²) in [6, 6.07) is 3.41. The Morgan fingerprint density at radius 2 is 2.10 bits per heavy atom. The van der Waals surface area contributed by atoms with E-state index in [0.717, 1.165) is 29.3 Å². The van der Waals surface area contributed by atoms with Gasteiger partial charge in [0.2, 0.25) is 0 Å². The van der Waals surface area contributed by atoms with E-state index in [2.05, 4.69) is 9.55 Å². The predicted octanol–water partition coefficient (Wildman–Crippen LogP) is 4.80. The monoisotopic (exact) mass is 294 g/mol. The van der Waals surface area contributed by atoms with Gasteiger partial charge in [-0.05, 0) is 30.9 Å². The molecule has 1 aromatic carbocycles. The number of aromatic nitrogens is 2. The molecule has 0 aliphatic heterocycles. The highest BCUT2D eigenvalue weighted by molar-refractivity contribution is 6.16. The summed E-state index contributed by atoms with van der Waals surface area (Å²) in [6.45, 7) is 2.73. The Kier molecular flexibility index (Phi) is 3.97. The van der Waals surface area contributed by atoms with Crippen molar-refractivity contribution in [3.05, 3.63) is 29.3 Å². The number of benzene rings is 1. The fourth-order valence-electron chi connectivity index (χ4n) is 3.26. The maximum atomic E-state index is 13.6. The number of alkyl halides is 1. The first-order valence-electron chi connectivity index (χ1n) is 7.40. The second-order valence-corrected chi connectivity index (χ2v) is 6.11. The molecule has 0 spiro atoms. The second-order valence-electron chi connectivity index (χ2n) is 5.84. The van der Waals surface area contributed by atoms with Crippen molar-refractivity contribution < 1.29 is 4.39 Å². The van der Waals surface area contributed by atoms with Crippen LogP contribution < -0.4 is 0 Å². The minimum absolute atomic E-state index is 0.195. The van der Waals surface area contributed by atoms with Gasteiger partial charge in [0.1, 0.15) is 11.6 Å². The number of rotatable bonds is 4. The Balaban J connectivity index is 1.92. The first-order valence-corrected chi connectivity index (χ1v) is 7.93. The van der Waals surface area contributed by atoms with E-state index < -0.39 is 0 Å². The van der Waals surface area contributed by atoms with Crippen LogP contribution in [0, 0.1) is 18.7 Å². The van der Waals surface area contributed by atoms with Gasteiger partial charge >= 0.3 is 0 Å². The summed E-state index contributed by atoms with van der Waals surface area (Å²) in [7, 11) is 0. The summed E-state index contributed by atoms with van der Waals surface area (Å²) in [5, 5.41) is 0. The van der Waals surface area contributed by atoms with Crippen LogP contribution in [0.3, 0.4) is 0 Å². The van der Waals surface area contributed by atoms with Crippen molar-refractivity contribution >= 4 is 22.6 Å². The summed E-state index contributed by atoms with van der Waals surface area (Å²) in [5.74, 6) is 1.86. The normalized spacial score (nSPS) is 16.4. The van der Waals surface area contributed by atoms with Gasteiger partial charge in [0.25, 0.3) is 0 Å². The molecule has 1 heterocycles. The van der Waals surface area contributed by atoms with Gasteiger partial charge in [0.05, 0.1) is 16.9 Å². The molecule has 1 aliphatic carbocycles. The predicted molar refractivity (Wildman–Crippen MR) is 80.6 cm³/mol. The zero-order chi connectivity index (χ0) is 14.1. The Hall–Kier alpha value is -1.09. The summed E-state index contributed by atoms with van der Waals surface area (Å²) in [5.41, 5.74) is 2.40. The molecule has 2 aromatic rings. The Bertz CT molecular complexity index is 614. The third-order valence-electron chi connectivity index (χ3n) is 4.46. The van der Waals surface area contributed by atoms with E-state index >= 15 is 0 Å². The van der Waals surface area contributed by atoms with E-state index in [1.807, 2.05) is 6.07 Å². The molecule has 3 rings (SSSR count). The lowest BCUT2D eigenvalue weighted by Gasteiger charge is -2.12. The summed E-state index contributed by atoms with van der Waals surface area (Å²) in [4.78, 5) is 4.47. The zero-order valence-electron chi connectivity index (χ0n) is 11.8. The van der Waals surface area contributed by atoms with Crippen LogP contribution in [0.5, 0.6) is 0 Å². The third kappa shape index (κ3) is 2.56. The van der Waals surface area contributed by atoms with Gasteiger partial charge in [-0.3, -0.25) is 0 Å². The average molecular weight is 295 g/mol. The average Bonchev–Trinajstić information content (AvgIpc) is 3.05. The molecular formula is C16H20ClFN2. The van der Waals surface area contributed by atoms with Crippen molar-refractivity contribution in [3.8, 4) is 0 Å². The minimum atomic E-state index is -0.195. The van der Waals surface area contributed by atoms with Crippen LogP contribution >= 0.6 is 11.6 Å². The van der Waals surface area contributed by atoms with Gasteiger partial charge in [0, 0.05) is 12.6 Å². The number of fused-ring (bicyclic) bond motifs is 1.